The molecule has 10 heteroatoms. The molecule has 0 aromatic heterocycles. The van der Waals surface area contributed by atoms with Gasteiger partial charge in [0.2, 0.25) is 0 Å². The van der Waals surface area contributed by atoms with E-state index in [0.29, 0.717) is 5.56 Å². The molecule has 0 radical (unpaired) electrons. The highest BCUT2D eigenvalue weighted by atomic mass is 32.2. The highest BCUT2D eigenvalue weighted by Gasteiger charge is 2.33. The van der Waals surface area contributed by atoms with Gasteiger partial charge in [0.15, 0.2) is 0 Å². The van der Waals surface area contributed by atoms with Crippen molar-refractivity contribution >= 4 is 22.2 Å². The minimum Gasteiger partial charge on any atom is -0.508 e. The van der Waals surface area contributed by atoms with Crippen LogP contribution in [0.4, 0.5) is 4.79 Å². The van der Waals surface area contributed by atoms with Crippen molar-refractivity contribution in [3.63, 3.8) is 0 Å². The van der Waals surface area contributed by atoms with Gasteiger partial charge in [0.25, 0.3) is 10.1 Å². The predicted molar refractivity (Wildman–Crippen MR) is 120 cm³/mol. The summed E-state index contributed by atoms with van der Waals surface area (Å²) in [6.07, 6.45) is -0.996. The van der Waals surface area contributed by atoms with Gasteiger partial charge in [-0.1, -0.05) is 29.8 Å². The average Bonchev–Trinajstić information content (AvgIpc) is 2.70. The van der Waals surface area contributed by atoms with Gasteiger partial charge in [0, 0.05) is 13.0 Å². The molecule has 0 bridgehead atoms. The fourth-order valence-electron chi connectivity index (χ4n) is 2.90. The van der Waals surface area contributed by atoms with Crippen LogP contribution in [0.15, 0.2) is 53.4 Å². The maximum atomic E-state index is 12.8. The fourth-order valence-corrected chi connectivity index (χ4v) is 3.80. The lowest BCUT2D eigenvalue weighted by molar-refractivity contribution is -0.143. The van der Waals surface area contributed by atoms with Gasteiger partial charge < -0.3 is 14.9 Å². The van der Waals surface area contributed by atoms with E-state index in [4.69, 9.17) is 8.92 Å². The van der Waals surface area contributed by atoms with Crippen molar-refractivity contribution in [2.24, 2.45) is 0 Å². The van der Waals surface area contributed by atoms with Crippen LogP contribution in [0.3, 0.4) is 0 Å². The first kappa shape index (κ1) is 26.1. The number of phenols is 1. The number of aryl methyl sites for hydroxylation is 1. The summed E-state index contributed by atoms with van der Waals surface area (Å²) in [6, 6.07) is 10.6. The number of carboxylic acids is 1. The Morgan fingerprint density at radius 2 is 1.61 bits per heavy atom. The van der Waals surface area contributed by atoms with Gasteiger partial charge in [-0.15, -0.1) is 0 Å². The van der Waals surface area contributed by atoms with E-state index in [-0.39, 0.29) is 23.6 Å². The highest BCUT2D eigenvalue weighted by Crippen LogP contribution is 2.18. The summed E-state index contributed by atoms with van der Waals surface area (Å²) in [5.41, 5.74) is 0.539. The molecular formula is C23H29NO8S. The molecule has 0 fully saturated rings. The second kappa shape index (κ2) is 10.7. The Morgan fingerprint density at radius 1 is 1.03 bits per heavy atom. The van der Waals surface area contributed by atoms with Crippen LogP contribution in [0.5, 0.6) is 5.75 Å². The van der Waals surface area contributed by atoms with Crippen molar-refractivity contribution in [2.45, 2.75) is 50.7 Å². The number of hydrogen-bond acceptors (Lipinski definition) is 7. The molecule has 0 unspecified atom stereocenters. The minimum absolute atomic E-state index is 0.0179. The van der Waals surface area contributed by atoms with E-state index in [1.165, 1.54) is 36.4 Å². The van der Waals surface area contributed by atoms with E-state index in [1.807, 2.05) is 6.92 Å². The Labute approximate surface area is 193 Å². The molecule has 2 aromatic carbocycles. The van der Waals surface area contributed by atoms with Crippen molar-refractivity contribution in [1.29, 1.82) is 0 Å². The number of carbonyl (C=O) groups excluding carboxylic acids is 1. The Hall–Kier alpha value is -3.11. The number of carboxylic acid groups (broad SMARTS) is 1. The molecular weight excluding hydrogens is 450 g/mol. The molecule has 2 aromatic rings. The van der Waals surface area contributed by atoms with Crippen molar-refractivity contribution in [3.05, 3.63) is 59.7 Å². The van der Waals surface area contributed by atoms with Crippen LogP contribution >= 0.6 is 0 Å². The van der Waals surface area contributed by atoms with Gasteiger partial charge >= 0.3 is 12.1 Å². The molecule has 0 saturated heterocycles. The summed E-state index contributed by atoms with van der Waals surface area (Å²) in [4.78, 5) is 25.7. The second-order valence-corrected chi connectivity index (χ2v) is 10.1. The number of nitrogens with zero attached hydrogens (tertiary/aromatic N) is 1. The van der Waals surface area contributed by atoms with Gasteiger partial charge in [-0.3, -0.25) is 9.08 Å². The largest absolute Gasteiger partial charge is 0.508 e. The van der Waals surface area contributed by atoms with Crippen molar-refractivity contribution in [1.82, 2.24) is 4.90 Å². The molecule has 9 nitrogen and oxygen atoms in total. The molecule has 0 heterocycles. The van der Waals surface area contributed by atoms with Crippen LogP contribution in [-0.2, 0) is 30.3 Å². The minimum atomic E-state index is -4.10. The number of aliphatic carboxylic acids is 1. The van der Waals surface area contributed by atoms with Gasteiger partial charge in [-0.2, -0.15) is 8.42 Å². The number of aromatic hydroxyl groups is 1. The zero-order valence-corrected chi connectivity index (χ0v) is 19.8. The lowest BCUT2D eigenvalue weighted by Crippen LogP contribution is -2.49. The number of amides is 1. The standard InChI is InChI=1S/C23H29NO8S/c1-16-5-11-19(12-6-16)33(29,30)31-14-13-24(22(28)32-23(2,3)4)20(21(26)27)15-17-7-9-18(25)10-8-17/h5-12,20,25H,13-15H2,1-4H3,(H,26,27)/t20-/m0/s1. The topological polar surface area (TPSA) is 130 Å². The van der Waals surface area contributed by atoms with Crippen LogP contribution in [0.2, 0.25) is 0 Å². The van der Waals surface area contributed by atoms with Crippen molar-refractivity contribution in [2.75, 3.05) is 13.2 Å². The second-order valence-electron chi connectivity index (χ2n) is 8.49. The molecule has 0 saturated carbocycles. The first-order valence-corrected chi connectivity index (χ1v) is 11.7. The lowest BCUT2D eigenvalue weighted by Gasteiger charge is -2.31. The Balaban J connectivity index is 2.22. The summed E-state index contributed by atoms with van der Waals surface area (Å²) in [6.45, 7) is 5.92. The van der Waals surface area contributed by atoms with E-state index in [1.54, 1.807) is 32.9 Å². The number of phenolic OH excluding ortho intramolecular Hbond substituents is 1. The quantitative estimate of drug-likeness (QED) is 0.524. The maximum Gasteiger partial charge on any atom is 0.411 e. The summed E-state index contributed by atoms with van der Waals surface area (Å²) in [7, 11) is -4.10. The number of benzene rings is 2. The molecule has 0 aliphatic heterocycles. The molecule has 33 heavy (non-hydrogen) atoms. The molecule has 0 spiro atoms. The Bertz CT molecular complexity index is 1060. The lowest BCUT2D eigenvalue weighted by atomic mass is 10.0. The van der Waals surface area contributed by atoms with E-state index in [2.05, 4.69) is 0 Å². The number of hydrogen-bond donors (Lipinski definition) is 2. The smallest absolute Gasteiger partial charge is 0.411 e. The molecule has 2 N–H and O–H groups in total. The zero-order valence-electron chi connectivity index (χ0n) is 19.0. The van der Waals surface area contributed by atoms with Gasteiger partial charge in [-0.05, 0) is 57.5 Å². The van der Waals surface area contributed by atoms with Crippen LogP contribution in [-0.4, -0.2) is 60.4 Å². The van der Waals surface area contributed by atoms with Crippen LogP contribution < -0.4 is 0 Å². The first-order valence-electron chi connectivity index (χ1n) is 10.2. The number of carbonyl (C=O) groups is 2. The maximum absolute atomic E-state index is 12.8. The number of ether oxygens (including phenoxy) is 1. The third-order valence-corrected chi connectivity index (χ3v) is 5.86. The van der Waals surface area contributed by atoms with Crippen LogP contribution in [0, 0.1) is 6.92 Å². The highest BCUT2D eigenvalue weighted by molar-refractivity contribution is 7.86. The van der Waals surface area contributed by atoms with Gasteiger partial charge in [0.05, 0.1) is 11.5 Å². The molecule has 180 valence electrons. The fraction of sp³-hybridized carbons (Fsp3) is 0.391. The third kappa shape index (κ3) is 8.07. The van der Waals surface area contributed by atoms with E-state index >= 15 is 0 Å². The molecule has 0 aliphatic rings. The van der Waals surface area contributed by atoms with Crippen LogP contribution in [0.1, 0.15) is 31.9 Å². The Kier molecular flexibility index (Phi) is 8.45. The van der Waals surface area contributed by atoms with Crippen LogP contribution in [0.25, 0.3) is 0 Å². The normalized spacial score (nSPS) is 12.7. The molecule has 1 amide bonds. The van der Waals surface area contributed by atoms with E-state index in [0.717, 1.165) is 10.5 Å². The number of rotatable bonds is 9. The SMILES string of the molecule is Cc1ccc(S(=O)(=O)OCCN(C(=O)OC(C)(C)C)[C@@H](Cc2ccc(O)cc2)C(=O)O)cc1. The third-order valence-electron chi connectivity index (χ3n) is 4.54. The molecule has 2 rings (SSSR count). The summed E-state index contributed by atoms with van der Waals surface area (Å²) >= 11 is 0. The summed E-state index contributed by atoms with van der Waals surface area (Å²) < 4.78 is 35.3. The summed E-state index contributed by atoms with van der Waals surface area (Å²) in [5, 5.41) is 19.3. The van der Waals surface area contributed by atoms with Gasteiger partial charge in [-0.25, -0.2) is 9.59 Å². The molecule has 1 atom stereocenters. The van der Waals surface area contributed by atoms with E-state index < -0.39 is 40.4 Å². The summed E-state index contributed by atoms with van der Waals surface area (Å²) in [5.74, 6) is -1.28. The Morgan fingerprint density at radius 3 is 2.12 bits per heavy atom. The van der Waals surface area contributed by atoms with Crippen molar-refractivity contribution < 1.29 is 37.1 Å². The molecule has 0 aliphatic carbocycles. The predicted octanol–water partition coefficient (Wildman–Crippen LogP) is 3.34. The van der Waals surface area contributed by atoms with Crippen molar-refractivity contribution in [3.8, 4) is 5.75 Å². The monoisotopic (exact) mass is 479 g/mol. The first-order chi connectivity index (χ1) is 15.3. The van der Waals surface area contributed by atoms with E-state index in [9.17, 15) is 28.2 Å². The zero-order chi connectivity index (χ0) is 24.8. The van der Waals surface area contributed by atoms with Gasteiger partial charge in [0.1, 0.15) is 17.4 Å². The average molecular weight is 480 g/mol.